The van der Waals surface area contributed by atoms with Gasteiger partial charge < -0.3 is 14.8 Å². The van der Waals surface area contributed by atoms with E-state index in [4.69, 9.17) is 21.1 Å². The van der Waals surface area contributed by atoms with Crippen LogP contribution in [0.25, 0.3) is 0 Å². The molecule has 0 aliphatic rings. The van der Waals surface area contributed by atoms with E-state index in [1.54, 1.807) is 44.6 Å². The van der Waals surface area contributed by atoms with E-state index in [2.05, 4.69) is 5.32 Å². The second kappa shape index (κ2) is 7.96. The molecule has 0 aliphatic heterocycles. The van der Waals surface area contributed by atoms with E-state index in [0.717, 1.165) is 4.90 Å². The molecule has 4 nitrogen and oxygen atoms in total. The van der Waals surface area contributed by atoms with Crippen molar-refractivity contribution in [3.05, 3.63) is 47.5 Å². The fourth-order valence-corrected chi connectivity index (χ4v) is 2.59. The first kappa shape index (κ1) is 16.5. The third-order valence-electron chi connectivity index (χ3n) is 2.87. The van der Waals surface area contributed by atoms with Crippen LogP contribution in [0.2, 0.25) is 5.02 Å². The molecule has 0 saturated carbocycles. The topological polar surface area (TPSA) is 47.6 Å². The molecular formula is C16H16ClNO3S. The molecule has 0 bridgehead atoms. The molecule has 0 atom stereocenters. The number of amides is 1. The van der Waals surface area contributed by atoms with Crippen LogP contribution in [0.5, 0.6) is 11.5 Å². The van der Waals surface area contributed by atoms with E-state index in [0.29, 0.717) is 28.0 Å². The zero-order valence-electron chi connectivity index (χ0n) is 12.3. The summed E-state index contributed by atoms with van der Waals surface area (Å²) in [5.41, 5.74) is 0.616. The lowest BCUT2D eigenvalue weighted by molar-refractivity contribution is -0.113. The lowest BCUT2D eigenvalue weighted by Crippen LogP contribution is -2.14. The molecule has 2 aromatic rings. The summed E-state index contributed by atoms with van der Waals surface area (Å²) in [6.07, 6.45) is 0. The molecule has 0 unspecified atom stereocenters. The summed E-state index contributed by atoms with van der Waals surface area (Å²) in [6.45, 7) is 0. The molecular weight excluding hydrogens is 322 g/mol. The van der Waals surface area contributed by atoms with E-state index < -0.39 is 0 Å². The van der Waals surface area contributed by atoms with Gasteiger partial charge in [0.25, 0.3) is 0 Å². The summed E-state index contributed by atoms with van der Waals surface area (Å²) in [4.78, 5) is 13.0. The van der Waals surface area contributed by atoms with Crippen molar-refractivity contribution in [1.82, 2.24) is 0 Å². The van der Waals surface area contributed by atoms with Gasteiger partial charge in [0.15, 0.2) is 0 Å². The number of halogens is 1. The van der Waals surface area contributed by atoms with Crippen molar-refractivity contribution in [2.75, 3.05) is 25.3 Å². The summed E-state index contributed by atoms with van der Waals surface area (Å²) in [7, 11) is 3.13. The zero-order valence-corrected chi connectivity index (χ0v) is 13.8. The van der Waals surface area contributed by atoms with Gasteiger partial charge in [-0.3, -0.25) is 4.79 Å². The number of anilines is 1. The minimum atomic E-state index is -0.108. The Morgan fingerprint density at radius 3 is 2.50 bits per heavy atom. The van der Waals surface area contributed by atoms with Gasteiger partial charge >= 0.3 is 0 Å². The van der Waals surface area contributed by atoms with Crippen LogP contribution in [0.1, 0.15) is 0 Å². The highest BCUT2D eigenvalue weighted by Gasteiger charge is 2.09. The Kier molecular flexibility index (Phi) is 5.98. The molecule has 1 amide bonds. The zero-order chi connectivity index (χ0) is 15.9. The van der Waals surface area contributed by atoms with Gasteiger partial charge in [0.2, 0.25) is 5.91 Å². The van der Waals surface area contributed by atoms with E-state index in [1.807, 2.05) is 12.1 Å². The van der Waals surface area contributed by atoms with Crippen LogP contribution in [0.15, 0.2) is 47.4 Å². The smallest absolute Gasteiger partial charge is 0.234 e. The second-order valence-corrected chi connectivity index (χ2v) is 5.84. The van der Waals surface area contributed by atoms with Crippen LogP contribution >= 0.6 is 23.4 Å². The number of carbonyl (C=O) groups is 1. The number of benzene rings is 2. The second-order valence-electron chi connectivity index (χ2n) is 4.36. The van der Waals surface area contributed by atoms with Crippen molar-refractivity contribution >= 4 is 35.0 Å². The first-order chi connectivity index (χ1) is 10.6. The molecule has 0 heterocycles. The van der Waals surface area contributed by atoms with Crippen LogP contribution in [0.4, 0.5) is 5.69 Å². The number of carbonyl (C=O) groups excluding carboxylic acids is 1. The molecule has 0 radical (unpaired) electrons. The lowest BCUT2D eigenvalue weighted by Gasteiger charge is -2.11. The van der Waals surface area contributed by atoms with Gasteiger partial charge in [-0.15, -0.1) is 11.8 Å². The normalized spacial score (nSPS) is 10.1. The summed E-state index contributed by atoms with van der Waals surface area (Å²) < 4.78 is 10.4. The van der Waals surface area contributed by atoms with Crippen LogP contribution in [0, 0.1) is 0 Å². The predicted octanol–water partition coefficient (Wildman–Crippen LogP) is 4.09. The van der Waals surface area contributed by atoms with Crippen LogP contribution in [-0.4, -0.2) is 25.9 Å². The minimum absolute atomic E-state index is 0.108. The minimum Gasteiger partial charge on any atom is -0.497 e. The fraction of sp³-hybridized carbons (Fsp3) is 0.188. The Balaban J connectivity index is 1.95. The maximum atomic E-state index is 12.0. The molecule has 0 aliphatic carbocycles. The number of hydrogen-bond acceptors (Lipinski definition) is 4. The monoisotopic (exact) mass is 337 g/mol. The van der Waals surface area contributed by atoms with E-state index in [9.17, 15) is 4.79 Å². The van der Waals surface area contributed by atoms with E-state index in [-0.39, 0.29) is 5.91 Å². The molecule has 6 heteroatoms. The summed E-state index contributed by atoms with van der Waals surface area (Å²) in [6, 6.07) is 12.6. The van der Waals surface area contributed by atoms with Crippen LogP contribution in [-0.2, 0) is 4.79 Å². The molecule has 2 aromatic carbocycles. The maximum Gasteiger partial charge on any atom is 0.234 e. The maximum absolute atomic E-state index is 12.0. The summed E-state index contributed by atoms with van der Waals surface area (Å²) in [5.74, 6) is 1.43. The Labute approximate surface area is 138 Å². The van der Waals surface area contributed by atoms with Crippen molar-refractivity contribution < 1.29 is 14.3 Å². The van der Waals surface area contributed by atoms with Gasteiger partial charge in [-0.05, 0) is 36.4 Å². The fourth-order valence-electron chi connectivity index (χ4n) is 1.77. The quantitative estimate of drug-likeness (QED) is 0.806. The van der Waals surface area contributed by atoms with Gasteiger partial charge in [0.05, 0.1) is 25.7 Å². The number of rotatable bonds is 6. The van der Waals surface area contributed by atoms with Gasteiger partial charge in [0, 0.05) is 16.0 Å². The number of methoxy groups -OCH3 is 2. The highest BCUT2D eigenvalue weighted by Crippen LogP contribution is 2.29. The SMILES string of the molecule is COc1ccc(NC(=O)CSc2ccc(Cl)cc2)c(OC)c1. The molecule has 1 N–H and O–H groups in total. The molecule has 22 heavy (non-hydrogen) atoms. The standard InChI is InChI=1S/C16H16ClNO3S/c1-20-12-5-8-14(15(9-12)21-2)18-16(19)10-22-13-6-3-11(17)4-7-13/h3-9H,10H2,1-2H3,(H,18,19). The summed E-state index contributed by atoms with van der Waals surface area (Å²) >= 11 is 7.27. The van der Waals surface area contributed by atoms with E-state index in [1.165, 1.54) is 11.8 Å². The predicted molar refractivity (Wildman–Crippen MR) is 90.4 cm³/mol. The van der Waals surface area contributed by atoms with Crippen LogP contribution in [0.3, 0.4) is 0 Å². The molecule has 0 saturated heterocycles. The molecule has 116 valence electrons. The largest absolute Gasteiger partial charge is 0.497 e. The van der Waals surface area contributed by atoms with Crippen molar-refractivity contribution in [2.24, 2.45) is 0 Å². The molecule has 0 fully saturated rings. The Hall–Kier alpha value is -1.85. The van der Waals surface area contributed by atoms with Crippen molar-refractivity contribution in [2.45, 2.75) is 4.90 Å². The first-order valence-electron chi connectivity index (χ1n) is 6.52. The third-order valence-corrected chi connectivity index (χ3v) is 4.13. The summed E-state index contributed by atoms with van der Waals surface area (Å²) in [5, 5.41) is 3.51. The first-order valence-corrected chi connectivity index (χ1v) is 7.89. The average Bonchev–Trinajstić information content (AvgIpc) is 2.54. The van der Waals surface area contributed by atoms with Gasteiger partial charge in [-0.1, -0.05) is 11.6 Å². The average molecular weight is 338 g/mol. The van der Waals surface area contributed by atoms with Crippen molar-refractivity contribution in [1.29, 1.82) is 0 Å². The number of hydrogen-bond donors (Lipinski definition) is 1. The molecule has 2 rings (SSSR count). The van der Waals surface area contributed by atoms with Crippen molar-refractivity contribution in [3.63, 3.8) is 0 Å². The van der Waals surface area contributed by atoms with Crippen LogP contribution < -0.4 is 14.8 Å². The van der Waals surface area contributed by atoms with Gasteiger partial charge in [-0.25, -0.2) is 0 Å². The lowest BCUT2D eigenvalue weighted by atomic mass is 10.2. The highest BCUT2D eigenvalue weighted by atomic mass is 35.5. The van der Waals surface area contributed by atoms with Gasteiger partial charge in [-0.2, -0.15) is 0 Å². The number of thioether (sulfide) groups is 1. The van der Waals surface area contributed by atoms with Gasteiger partial charge in [0.1, 0.15) is 11.5 Å². The number of nitrogens with one attached hydrogen (secondary N) is 1. The third kappa shape index (κ3) is 4.58. The molecule has 0 aromatic heterocycles. The number of ether oxygens (including phenoxy) is 2. The Morgan fingerprint density at radius 1 is 1.14 bits per heavy atom. The van der Waals surface area contributed by atoms with Crippen molar-refractivity contribution in [3.8, 4) is 11.5 Å². The Bertz CT molecular complexity index is 646. The molecule has 0 spiro atoms. The Morgan fingerprint density at radius 2 is 1.86 bits per heavy atom. The highest BCUT2D eigenvalue weighted by molar-refractivity contribution is 8.00. The van der Waals surface area contributed by atoms with E-state index >= 15 is 0 Å².